The molecular formula is C14H23N3O2. The molecule has 2 heterocycles. The second-order valence-electron chi connectivity index (χ2n) is 5.91. The minimum Gasteiger partial charge on any atom is -0.386 e. The molecule has 0 saturated carbocycles. The highest BCUT2D eigenvalue weighted by Crippen LogP contribution is 2.28. The van der Waals surface area contributed by atoms with Gasteiger partial charge in [0.15, 0.2) is 0 Å². The lowest BCUT2D eigenvalue weighted by Crippen LogP contribution is -2.66. The molecule has 1 aliphatic heterocycles. The molecule has 0 unspecified atom stereocenters. The lowest BCUT2D eigenvalue weighted by molar-refractivity contribution is -0.164. The van der Waals surface area contributed by atoms with Gasteiger partial charge < -0.3 is 10.0 Å². The van der Waals surface area contributed by atoms with Gasteiger partial charge in [0.2, 0.25) is 5.91 Å². The maximum absolute atomic E-state index is 12.0. The number of aryl methyl sites for hydroxylation is 3. The van der Waals surface area contributed by atoms with Crippen LogP contribution in [0.4, 0.5) is 0 Å². The number of nitrogens with zero attached hydrogens (tertiary/aromatic N) is 3. The van der Waals surface area contributed by atoms with E-state index in [2.05, 4.69) is 5.10 Å². The molecule has 2 rings (SSSR count). The van der Waals surface area contributed by atoms with Crippen LogP contribution in [0.1, 0.15) is 31.7 Å². The average molecular weight is 265 g/mol. The van der Waals surface area contributed by atoms with E-state index < -0.39 is 5.60 Å². The first-order valence-electron chi connectivity index (χ1n) is 6.83. The van der Waals surface area contributed by atoms with Crippen molar-refractivity contribution in [2.75, 3.05) is 13.1 Å². The zero-order valence-corrected chi connectivity index (χ0v) is 12.2. The highest BCUT2D eigenvalue weighted by Gasteiger charge is 2.45. The van der Waals surface area contributed by atoms with E-state index in [1.807, 2.05) is 38.4 Å². The molecule has 0 aromatic carbocycles. The molecule has 0 spiro atoms. The van der Waals surface area contributed by atoms with Crippen LogP contribution in [-0.4, -0.2) is 44.4 Å². The van der Waals surface area contributed by atoms with Gasteiger partial charge in [0.25, 0.3) is 0 Å². The van der Waals surface area contributed by atoms with Gasteiger partial charge >= 0.3 is 0 Å². The van der Waals surface area contributed by atoms with E-state index >= 15 is 0 Å². The number of rotatable bonds is 4. The number of hydrogen-bond acceptors (Lipinski definition) is 3. The van der Waals surface area contributed by atoms with Crippen molar-refractivity contribution >= 4 is 5.91 Å². The molecule has 1 saturated heterocycles. The molecule has 1 aromatic heterocycles. The Kier molecular flexibility index (Phi) is 3.67. The number of hydrogen-bond donors (Lipinski definition) is 1. The van der Waals surface area contributed by atoms with Gasteiger partial charge in [0, 0.05) is 18.7 Å². The number of aliphatic hydroxyl groups is 1. The van der Waals surface area contributed by atoms with Gasteiger partial charge in [-0.05, 0) is 25.8 Å². The normalized spacial score (nSPS) is 17.7. The lowest BCUT2D eigenvalue weighted by atomic mass is 9.83. The Morgan fingerprint density at radius 1 is 1.47 bits per heavy atom. The summed E-state index contributed by atoms with van der Waals surface area (Å²) in [6.07, 6.45) is 0.441. The van der Waals surface area contributed by atoms with Crippen molar-refractivity contribution < 1.29 is 9.90 Å². The summed E-state index contributed by atoms with van der Waals surface area (Å²) in [6, 6.07) is 2.01. The maximum Gasteiger partial charge on any atom is 0.224 e. The summed E-state index contributed by atoms with van der Waals surface area (Å²) < 4.78 is 1.86. The zero-order valence-electron chi connectivity index (χ0n) is 12.2. The van der Waals surface area contributed by atoms with Crippen LogP contribution >= 0.6 is 0 Å². The van der Waals surface area contributed by atoms with Crippen LogP contribution in [0.3, 0.4) is 0 Å². The van der Waals surface area contributed by atoms with Crippen molar-refractivity contribution in [3.8, 4) is 0 Å². The first kappa shape index (κ1) is 14.1. The third-order valence-corrected chi connectivity index (χ3v) is 4.00. The smallest absolute Gasteiger partial charge is 0.224 e. The highest BCUT2D eigenvalue weighted by molar-refractivity contribution is 5.77. The molecule has 1 N–H and O–H groups in total. The highest BCUT2D eigenvalue weighted by atomic mass is 16.3. The average Bonchev–Trinajstić information content (AvgIpc) is 2.60. The molecule has 0 bridgehead atoms. The SMILES string of the molecule is Cc1cc(C)n(CCC(=O)N2CC(O)(C(C)C)C2)n1. The molecule has 5 heteroatoms. The molecule has 1 fully saturated rings. The van der Waals surface area contributed by atoms with Crippen molar-refractivity contribution in [1.29, 1.82) is 0 Å². The van der Waals surface area contributed by atoms with Crippen molar-refractivity contribution in [3.63, 3.8) is 0 Å². The van der Waals surface area contributed by atoms with Crippen LogP contribution in [0.2, 0.25) is 0 Å². The van der Waals surface area contributed by atoms with Crippen molar-refractivity contribution in [3.05, 3.63) is 17.5 Å². The molecule has 0 aliphatic carbocycles. The van der Waals surface area contributed by atoms with E-state index in [0.29, 0.717) is 26.1 Å². The van der Waals surface area contributed by atoms with Gasteiger partial charge in [-0.15, -0.1) is 0 Å². The molecule has 0 radical (unpaired) electrons. The summed E-state index contributed by atoms with van der Waals surface area (Å²) in [5.74, 6) is 0.283. The first-order valence-corrected chi connectivity index (χ1v) is 6.83. The van der Waals surface area contributed by atoms with E-state index in [9.17, 15) is 9.90 Å². The topological polar surface area (TPSA) is 58.4 Å². The standard InChI is InChI=1S/C14H23N3O2/c1-10(2)14(19)8-16(9-14)13(18)5-6-17-12(4)7-11(3)15-17/h7,10,19H,5-6,8-9H2,1-4H3. The number of carbonyl (C=O) groups is 1. The number of likely N-dealkylation sites (tertiary alicyclic amines) is 1. The van der Waals surface area contributed by atoms with E-state index in [4.69, 9.17) is 0 Å². The minimum absolute atomic E-state index is 0.0953. The monoisotopic (exact) mass is 265 g/mol. The van der Waals surface area contributed by atoms with Gasteiger partial charge in [-0.2, -0.15) is 5.10 Å². The molecule has 5 nitrogen and oxygen atoms in total. The van der Waals surface area contributed by atoms with Gasteiger partial charge in [-0.1, -0.05) is 13.8 Å². The Hall–Kier alpha value is -1.36. The van der Waals surface area contributed by atoms with Crippen LogP contribution < -0.4 is 0 Å². The first-order chi connectivity index (χ1) is 8.82. The third-order valence-electron chi connectivity index (χ3n) is 4.00. The van der Waals surface area contributed by atoms with Crippen LogP contribution in [-0.2, 0) is 11.3 Å². The number of amides is 1. The lowest BCUT2D eigenvalue weighted by Gasteiger charge is -2.49. The van der Waals surface area contributed by atoms with Crippen LogP contribution in [0.25, 0.3) is 0 Å². The van der Waals surface area contributed by atoms with Gasteiger partial charge in [0.05, 0.1) is 18.8 Å². The second-order valence-corrected chi connectivity index (χ2v) is 5.91. The molecule has 106 valence electrons. The summed E-state index contributed by atoms with van der Waals surface area (Å²) in [5, 5.41) is 14.5. The fraction of sp³-hybridized carbons (Fsp3) is 0.714. The van der Waals surface area contributed by atoms with Crippen molar-refractivity contribution in [2.45, 2.75) is 46.3 Å². The maximum atomic E-state index is 12.0. The molecule has 1 aromatic rings. The van der Waals surface area contributed by atoms with Gasteiger partial charge in [-0.3, -0.25) is 9.48 Å². The third kappa shape index (κ3) is 2.81. The number of aromatic nitrogens is 2. The van der Waals surface area contributed by atoms with Crippen LogP contribution in [0.5, 0.6) is 0 Å². The summed E-state index contributed by atoms with van der Waals surface area (Å²) in [6.45, 7) is 9.43. The Balaban J connectivity index is 1.82. The fourth-order valence-electron chi connectivity index (χ4n) is 2.42. The molecule has 1 amide bonds. The Morgan fingerprint density at radius 2 is 2.11 bits per heavy atom. The van der Waals surface area contributed by atoms with Gasteiger partial charge in [-0.25, -0.2) is 0 Å². The van der Waals surface area contributed by atoms with E-state index in [1.165, 1.54) is 0 Å². The fourth-order valence-corrected chi connectivity index (χ4v) is 2.42. The number of carbonyl (C=O) groups excluding carboxylic acids is 1. The van der Waals surface area contributed by atoms with E-state index in [1.54, 1.807) is 4.90 Å². The summed E-state index contributed by atoms with van der Waals surface area (Å²) >= 11 is 0. The number of β-amino-alcohol motifs (C(OH)–C–C–N with tert-alkyl or cyclic N) is 1. The Labute approximate surface area is 114 Å². The van der Waals surface area contributed by atoms with Crippen LogP contribution in [0.15, 0.2) is 6.07 Å². The zero-order chi connectivity index (χ0) is 14.2. The van der Waals surface area contributed by atoms with E-state index in [-0.39, 0.29) is 11.8 Å². The molecule has 19 heavy (non-hydrogen) atoms. The largest absolute Gasteiger partial charge is 0.386 e. The predicted molar refractivity (Wildman–Crippen MR) is 72.7 cm³/mol. The summed E-state index contributed by atoms with van der Waals surface area (Å²) in [4.78, 5) is 13.7. The van der Waals surface area contributed by atoms with Crippen molar-refractivity contribution in [2.24, 2.45) is 5.92 Å². The minimum atomic E-state index is -0.687. The molecular weight excluding hydrogens is 242 g/mol. The predicted octanol–water partition coefficient (Wildman–Crippen LogP) is 1.12. The molecule has 1 aliphatic rings. The Morgan fingerprint density at radius 3 is 2.58 bits per heavy atom. The Bertz CT molecular complexity index is 473. The summed E-state index contributed by atoms with van der Waals surface area (Å²) in [5.41, 5.74) is 1.36. The van der Waals surface area contributed by atoms with Crippen molar-refractivity contribution in [1.82, 2.24) is 14.7 Å². The summed E-state index contributed by atoms with van der Waals surface area (Å²) in [7, 11) is 0. The van der Waals surface area contributed by atoms with Crippen LogP contribution in [0, 0.1) is 19.8 Å². The quantitative estimate of drug-likeness (QED) is 0.887. The molecule has 0 atom stereocenters. The van der Waals surface area contributed by atoms with E-state index in [0.717, 1.165) is 11.4 Å². The second kappa shape index (κ2) is 4.96. The van der Waals surface area contributed by atoms with Gasteiger partial charge in [0.1, 0.15) is 5.60 Å².